The van der Waals surface area contributed by atoms with Crippen LogP contribution in [-0.2, 0) is 19.2 Å². The molecule has 1 unspecified atom stereocenters. The third kappa shape index (κ3) is 3.41. The van der Waals surface area contributed by atoms with Gasteiger partial charge in [0.15, 0.2) is 0 Å². The molecule has 2 heterocycles. The maximum atomic E-state index is 10.4. The number of nitrogens with one attached hydrogen (secondary N) is 1. The minimum Gasteiger partial charge on any atom is -0.384 e. The fraction of sp³-hybridized carbons (Fsp3) is 0.417. The minimum atomic E-state index is -0.900. The van der Waals surface area contributed by atoms with Crippen molar-refractivity contribution in [2.75, 3.05) is 6.54 Å². The summed E-state index contributed by atoms with van der Waals surface area (Å²) < 4.78 is 2.82. The Morgan fingerprint density at radius 1 is 1.56 bits per heavy atom. The Morgan fingerprint density at radius 3 is 2.89 bits per heavy atom. The van der Waals surface area contributed by atoms with E-state index in [2.05, 4.69) is 32.4 Å². The summed E-state index contributed by atoms with van der Waals surface area (Å²) in [6, 6.07) is 4.10. The zero-order valence-electron chi connectivity index (χ0n) is 10.4. The van der Waals surface area contributed by atoms with E-state index in [0.29, 0.717) is 6.54 Å². The molecule has 2 N–H and O–H groups in total. The number of hydrogen-bond donors (Lipinski definition) is 2. The van der Waals surface area contributed by atoms with Crippen molar-refractivity contribution >= 4 is 27.3 Å². The van der Waals surface area contributed by atoms with Gasteiger partial charge in [0, 0.05) is 36.8 Å². The number of aryl methyl sites for hydroxylation is 1. The summed E-state index contributed by atoms with van der Waals surface area (Å²) in [6.07, 6.45) is 3.53. The quantitative estimate of drug-likeness (QED) is 0.884. The van der Waals surface area contributed by atoms with Crippen molar-refractivity contribution in [3.8, 4) is 0 Å². The number of aliphatic hydroxyl groups is 1. The first-order valence-electron chi connectivity index (χ1n) is 5.64. The summed E-state index contributed by atoms with van der Waals surface area (Å²) in [4.78, 5) is 1.24. The van der Waals surface area contributed by atoms with Crippen molar-refractivity contribution < 1.29 is 5.11 Å². The lowest BCUT2D eigenvalue weighted by atomic mass is 10.00. The van der Waals surface area contributed by atoms with Gasteiger partial charge in [0.1, 0.15) is 5.60 Å². The van der Waals surface area contributed by atoms with Gasteiger partial charge in [0.2, 0.25) is 0 Å². The fourth-order valence-electron chi connectivity index (χ4n) is 1.68. The largest absolute Gasteiger partial charge is 0.384 e. The van der Waals surface area contributed by atoms with E-state index >= 15 is 0 Å². The smallest absolute Gasteiger partial charge is 0.102 e. The van der Waals surface area contributed by atoms with Crippen molar-refractivity contribution in [2.24, 2.45) is 7.05 Å². The van der Waals surface area contributed by atoms with Crippen LogP contribution in [0.5, 0.6) is 0 Å². The van der Waals surface area contributed by atoms with Gasteiger partial charge in [0.25, 0.3) is 0 Å². The van der Waals surface area contributed by atoms with Crippen molar-refractivity contribution in [3.05, 3.63) is 38.8 Å². The number of thiophene rings is 1. The summed E-state index contributed by atoms with van der Waals surface area (Å²) in [5.41, 5.74) is -0.0761. The molecule has 2 rings (SSSR count). The molecule has 0 aromatic carbocycles. The van der Waals surface area contributed by atoms with E-state index in [-0.39, 0.29) is 0 Å². The molecular weight excluding hydrogens is 314 g/mol. The summed E-state index contributed by atoms with van der Waals surface area (Å²) >= 11 is 5.13. The minimum absolute atomic E-state index is 0.494. The maximum Gasteiger partial charge on any atom is 0.102 e. The van der Waals surface area contributed by atoms with Crippen LogP contribution in [0.2, 0.25) is 0 Å². The molecule has 0 aliphatic heterocycles. The molecule has 2 aromatic rings. The predicted molar refractivity (Wildman–Crippen MR) is 76.5 cm³/mol. The Hall–Kier alpha value is -0.690. The van der Waals surface area contributed by atoms with Gasteiger partial charge < -0.3 is 10.4 Å². The monoisotopic (exact) mass is 329 g/mol. The van der Waals surface area contributed by atoms with Crippen molar-refractivity contribution in [1.82, 2.24) is 15.1 Å². The Labute approximate surface area is 119 Å². The molecule has 6 heteroatoms. The van der Waals surface area contributed by atoms with Gasteiger partial charge >= 0.3 is 0 Å². The first-order chi connectivity index (χ1) is 8.47. The topological polar surface area (TPSA) is 50.1 Å². The maximum absolute atomic E-state index is 10.4. The highest BCUT2D eigenvalue weighted by Crippen LogP contribution is 2.22. The summed E-state index contributed by atoms with van der Waals surface area (Å²) in [5, 5.41) is 17.7. The average molecular weight is 330 g/mol. The van der Waals surface area contributed by atoms with E-state index in [9.17, 15) is 5.11 Å². The number of rotatable bonds is 5. The zero-order chi connectivity index (χ0) is 13.2. The highest BCUT2D eigenvalue weighted by molar-refractivity contribution is 9.11. The van der Waals surface area contributed by atoms with E-state index in [0.717, 1.165) is 15.9 Å². The van der Waals surface area contributed by atoms with Crippen LogP contribution in [-0.4, -0.2) is 21.4 Å². The van der Waals surface area contributed by atoms with E-state index in [1.165, 1.54) is 4.88 Å². The molecule has 18 heavy (non-hydrogen) atoms. The number of halogens is 1. The normalized spacial score (nSPS) is 14.7. The van der Waals surface area contributed by atoms with Crippen molar-refractivity contribution in [1.29, 1.82) is 0 Å². The number of nitrogens with zero attached hydrogens (tertiary/aromatic N) is 2. The van der Waals surface area contributed by atoms with E-state index in [4.69, 9.17) is 0 Å². The molecule has 0 spiro atoms. The van der Waals surface area contributed by atoms with Gasteiger partial charge in [-0.15, -0.1) is 11.3 Å². The Kier molecular flexibility index (Phi) is 4.21. The SMILES string of the molecule is Cn1cc(C(C)(O)CNCc2ccc(Br)s2)cn1. The number of hydrogen-bond acceptors (Lipinski definition) is 4. The molecule has 98 valence electrons. The zero-order valence-corrected chi connectivity index (χ0v) is 12.8. The molecule has 4 nitrogen and oxygen atoms in total. The molecule has 0 saturated carbocycles. The van der Waals surface area contributed by atoms with Crippen molar-refractivity contribution in [3.63, 3.8) is 0 Å². The third-order valence-corrected chi connectivity index (χ3v) is 4.35. The van der Waals surface area contributed by atoms with E-state index in [1.54, 1.807) is 29.1 Å². The number of aromatic nitrogens is 2. The van der Waals surface area contributed by atoms with Crippen molar-refractivity contribution in [2.45, 2.75) is 19.1 Å². The van der Waals surface area contributed by atoms with Gasteiger partial charge in [0.05, 0.1) is 9.98 Å². The molecule has 0 aliphatic carbocycles. The summed E-state index contributed by atoms with van der Waals surface area (Å²) in [7, 11) is 1.84. The Balaban J connectivity index is 1.89. The molecular formula is C12H16BrN3OS. The van der Waals surface area contributed by atoms with Crippen LogP contribution in [0.4, 0.5) is 0 Å². The van der Waals surface area contributed by atoms with Crippen LogP contribution in [0, 0.1) is 0 Å². The van der Waals surface area contributed by atoms with Crippen LogP contribution in [0.1, 0.15) is 17.4 Å². The third-order valence-electron chi connectivity index (χ3n) is 2.72. The molecule has 2 aromatic heterocycles. The standard InChI is InChI=1S/C12H16BrN3OS/c1-12(17,9-5-15-16(2)7-9)8-14-6-10-3-4-11(13)18-10/h3-5,7,14,17H,6,8H2,1-2H3. The van der Waals surface area contributed by atoms with Gasteiger partial charge in [-0.05, 0) is 35.0 Å². The first kappa shape index (κ1) is 13.7. The lowest BCUT2D eigenvalue weighted by Gasteiger charge is -2.22. The van der Waals surface area contributed by atoms with E-state index < -0.39 is 5.60 Å². The summed E-state index contributed by atoms with van der Waals surface area (Å²) in [6.45, 7) is 3.04. The second-order valence-corrected chi connectivity index (χ2v) is 7.03. The lowest BCUT2D eigenvalue weighted by Crippen LogP contribution is -2.34. The van der Waals surface area contributed by atoms with Gasteiger partial charge in [-0.25, -0.2) is 0 Å². The second kappa shape index (κ2) is 5.52. The fourth-order valence-corrected chi connectivity index (χ4v) is 3.13. The molecule has 0 fully saturated rings. The second-order valence-electron chi connectivity index (χ2n) is 4.49. The van der Waals surface area contributed by atoms with Gasteiger partial charge in [-0.1, -0.05) is 0 Å². The van der Waals surface area contributed by atoms with Gasteiger partial charge in [-0.2, -0.15) is 5.10 Å². The Bertz CT molecular complexity index is 521. The lowest BCUT2D eigenvalue weighted by molar-refractivity contribution is 0.0566. The van der Waals surface area contributed by atoms with Crippen LogP contribution < -0.4 is 5.32 Å². The Morgan fingerprint density at radius 2 is 2.33 bits per heavy atom. The molecule has 0 radical (unpaired) electrons. The molecule has 0 bridgehead atoms. The van der Waals surface area contributed by atoms with Crippen LogP contribution in [0.15, 0.2) is 28.3 Å². The van der Waals surface area contributed by atoms with E-state index in [1.807, 2.05) is 19.3 Å². The van der Waals surface area contributed by atoms with Crippen LogP contribution in [0.3, 0.4) is 0 Å². The average Bonchev–Trinajstić information content (AvgIpc) is 2.88. The van der Waals surface area contributed by atoms with Crippen LogP contribution in [0.25, 0.3) is 0 Å². The van der Waals surface area contributed by atoms with Crippen LogP contribution >= 0.6 is 27.3 Å². The first-order valence-corrected chi connectivity index (χ1v) is 7.25. The molecule has 1 atom stereocenters. The molecule has 0 amide bonds. The predicted octanol–water partition coefficient (Wildman–Crippen LogP) is 2.24. The van der Waals surface area contributed by atoms with Gasteiger partial charge in [-0.3, -0.25) is 4.68 Å². The highest BCUT2D eigenvalue weighted by atomic mass is 79.9. The molecule has 0 saturated heterocycles. The molecule has 0 aliphatic rings. The highest BCUT2D eigenvalue weighted by Gasteiger charge is 2.24. The summed E-state index contributed by atoms with van der Waals surface area (Å²) in [5.74, 6) is 0.